The van der Waals surface area contributed by atoms with E-state index in [1.165, 1.54) is 6.42 Å². The van der Waals surface area contributed by atoms with Crippen LogP contribution in [-0.4, -0.2) is 5.91 Å². The van der Waals surface area contributed by atoms with Gasteiger partial charge in [0.15, 0.2) is 0 Å². The largest absolute Gasteiger partial charge is 0.352 e. The minimum absolute atomic E-state index is 0.220. The quantitative estimate of drug-likeness (QED) is 0.877. The molecular formula is C14H16ClNO. The van der Waals surface area contributed by atoms with Crippen LogP contribution in [0.25, 0.3) is 0 Å². The van der Waals surface area contributed by atoms with Crippen LogP contribution in [0.4, 0.5) is 0 Å². The number of hydrogen-bond acceptors (Lipinski definition) is 1. The van der Waals surface area contributed by atoms with Crippen molar-refractivity contribution in [1.82, 2.24) is 5.32 Å². The minimum atomic E-state index is 0.220. The van der Waals surface area contributed by atoms with Gasteiger partial charge in [-0.2, -0.15) is 0 Å². The molecule has 0 aliphatic heterocycles. The Balaban J connectivity index is 1.52. The van der Waals surface area contributed by atoms with Gasteiger partial charge in [0, 0.05) is 17.5 Å². The second kappa shape index (κ2) is 4.34. The smallest absolute Gasteiger partial charge is 0.223 e. The highest BCUT2D eigenvalue weighted by atomic mass is 35.5. The summed E-state index contributed by atoms with van der Waals surface area (Å²) in [6.45, 7) is 0.589. The average Bonchev–Trinajstić information content (AvgIpc) is 2.93. The van der Waals surface area contributed by atoms with Crippen LogP contribution in [0.1, 0.15) is 24.8 Å². The zero-order valence-electron chi connectivity index (χ0n) is 9.66. The summed E-state index contributed by atoms with van der Waals surface area (Å²) in [7, 11) is 0. The van der Waals surface area contributed by atoms with E-state index in [9.17, 15) is 4.79 Å². The normalized spacial score (nSPS) is 29.8. The van der Waals surface area contributed by atoms with E-state index < -0.39 is 0 Å². The number of amides is 1. The Morgan fingerprint density at radius 1 is 1.29 bits per heavy atom. The maximum absolute atomic E-state index is 11.9. The molecule has 2 nitrogen and oxygen atoms in total. The molecule has 2 aliphatic rings. The first-order chi connectivity index (χ1) is 8.22. The van der Waals surface area contributed by atoms with Gasteiger partial charge in [-0.3, -0.25) is 4.79 Å². The fraction of sp³-hybridized carbons (Fsp3) is 0.500. The summed E-state index contributed by atoms with van der Waals surface area (Å²) in [5.74, 6) is 2.20. The van der Waals surface area contributed by atoms with Crippen LogP contribution >= 0.6 is 11.6 Å². The van der Waals surface area contributed by atoms with Crippen LogP contribution in [0.3, 0.4) is 0 Å². The number of nitrogens with one attached hydrogen (secondary N) is 1. The molecule has 2 unspecified atom stereocenters. The summed E-state index contributed by atoms with van der Waals surface area (Å²) in [6, 6.07) is 7.64. The fourth-order valence-corrected chi connectivity index (χ4v) is 3.12. The van der Waals surface area contributed by atoms with Crippen LogP contribution in [-0.2, 0) is 11.3 Å². The molecule has 0 saturated heterocycles. The van der Waals surface area contributed by atoms with E-state index in [2.05, 4.69) is 5.32 Å². The van der Waals surface area contributed by atoms with Gasteiger partial charge in [-0.15, -0.1) is 0 Å². The molecular weight excluding hydrogens is 234 g/mol. The maximum Gasteiger partial charge on any atom is 0.223 e. The van der Waals surface area contributed by atoms with Crippen molar-refractivity contribution in [3.8, 4) is 0 Å². The molecule has 0 radical (unpaired) electrons. The standard InChI is InChI=1S/C14H16ClNO/c15-13-3-1-2-9(4-13)8-16-14(17)12-6-10-5-11(10)7-12/h1-4,10-12H,5-8H2,(H,16,17). The molecule has 0 aromatic heterocycles. The van der Waals surface area contributed by atoms with Gasteiger partial charge in [0.1, 0.15) is 0 Å². The molecule has 1 amide bonds. The van der Waals surface area contributed by atoms with Crippen molar-refractivity contribution in [3.05, 3.63) is 34.9 Å². The number of fused-ring (bicyclic) bond motifs is 1. The lowest BCUT2D eigenvalue weighted by Crippen LogP contribution is -2.29. The third kappa shape index (κ3) is 2.47. The zero-order valence-corrected chi connectivity index (χ0v) is 10.4. The lowest BCUT2D eigenvalue weighted by molar-refractivity contribution is -0.125. The minimum Gasteiger partial charge on any atom is -0.352 e. The first-order valence-corrected chi connectivity index (χ1v) is 6.62. The highest BCUT2D eigenvalue weighted by Gasteiger charge is 2.47. The monoisotopic (exact) mass is 249 g/mol. The van der Waals surface area contributed by atoms with E-state index in [1.54, 1.807) is 0 Å². The number of benzene rings is 1. The lowest BCUT2D eigenvalue weighted by atomic mass is 10.0. The molecule has 2 fully saturated rings. The fourth-order valence-electron chi connectivity index (χ4n) is 2.91. The molecule has 0 spiro atoms. The van der Waals surface area contributed by atoms with Gasteiger partial charge in [0.2, 0.25) is 5.91 Å². The van der Waals surface area contributed by atoms with E-state index >= 15 is 0 Å². The van der Waals surface area contributed by atoms with Gasteiger partial charge in [-0.1, -0.05) is 23.7 Å². The number of halogens is 1. The molecule has 1 aromatic rings. The van der Waals surface area contributed by atoms with Gasteiger partial charge in [-0.25, -0.2) is 0 Å². The topological polar surface area (TPSA) is 29.1 Å². The summed E-state index contributed by atoms with van der Waals surface area (Å²) in [6.07, 6.45) is 3.57. The Morgan fingerprint density at radius 2 is 2.06 bits per heavy atom. The number of carbonyl (C=O) groups is 1. The lowest BCUT2D eigenvalue weighted by Gasteiger charge is -2.12. The SMILES string of the molecule is O=C(NCc1cccc(Cl)c1)C1CC2CC2C1. The Labute approximate surface area is 106 Å². The van der Waals surface area contributed by atoms with E-state index in [0.717, 1.165) is 35.3 Å². The van der Waals surface area contributed by atoms with Crippen molar-refractivity contribution in [3.63, 3.8) is 0 Å². The summed E-state index contributed by atoms with van der Waals surface area (Å²) >= 11 is 5.90. The van der Waals surface area contributed by atoms with Gasteiger partial charge in [0.25, 0.3) is 0 Å². The molecule has 90 valence electrons. The molecule has 0 heterocycles. The van der Waals surface area contributed by atoms with Crippen LogP contribution in [0.2, 0.25) is 5.02 Å². The molecule has 2 saturated carbocycles. The number of hydrogen-bond donors (Lipinski definition) is 1. The van der Waals surface area contributed by atoms with Crippen LogP contribution in [0, 0.1) is 17.8 Å². The van der Waals surface area contributed by atoms with E-state index in [1.807, 2.05) is 24.3 Å². The summed E-state index contributed by atoms with van der Waals surface area (Å²) in [5, 5.41) is 3.73. The predicted octanol–water partition coefficient (Wildman–Crippen LogP) is 3.00. The summed E-state index contributed by atoms with van der Waals surface area (Å²) < 4.78 is 0. The molecule has 1 N–H and O–H groups in total. The van der Waals surface area contributed by atoms with Crippen molar-refractivity contribution in [1.29, 1.82) is 0 Å². The highest BCUT2D eigenvalue weighted by molar-refractivity contribution is 6.30. The highest BCUT2D eigenvalue weighted by Crippen LogP contribution is 2.54. The average molecular weight is 250 g/mol. The molecule has 3 rings (SSSR count). The summed E-state index contributed by atoms with van der Waals surface area (Å²) in [5.41, 5.74) is 1.06. The van der Waals surface area contributed by atoms with Gasteiger partial charge >= 0.3 is 0 Å². The Kier molecular flexibility index (Phi) is 2.83. The molecule has 2 atom stereocenters. The Bertz CT molecular complexity index is 436. The summed E-state index contributed by atoms with van der Waals surface area (Å²) in [4.78, 5) is 11.9. The van der Waals surface area contributed by atoms with Gasteiger partial charge < -0.3 is 5.32 Å². The van der Waals surface area contributed by atoms with Crippen molar-refractivity contribution in [2.75, 3.05) is 0 Å². The van der Waals surface area contributed by atoms with E-state index in [-0.39, 0.29) is 11.8 Å². The number of carbonyl (C=O) groups excluding carboxylic acids is 1. The molecule has 3 heteroatoms. The second-order valence-corrected chi connectivity index (χ2v) is 5.71. The van der Waals surface area contributed by atoms with Crippen LogP contribution < -0.4 is 5.32 Å². The zero-order chi connectivity index (χ0) is 11.8. The maximum atomic E-state index is 11.9. The third-order valence-electron chi connectivity index (χ3n) is 3.97. The first kappa shape index (κ1) is 11.1. The number of rotatable bonds is 3. The van der Waals surface area contributed by atoms with Crippen LogP contribution in [0.5, 0.6) is 0 Å². The Hall–Kier alpha value is -1.02. The molecule has 0 bridgehead atoms. The van der Waals surface area contributed by atoms with Gasteiger partial charge in [0.05, 0.1) is 0 Å². The Morgan fingerprint density at radius 3 is 2.76 bits per heavy atom. The molecule has 1 aromatic carbocycles. The second-order valence-electron chi connectivity index (χ2n) is 5.27. The third-order valence-corrected chi connectivity index (χ3v) is 4.21. The van der Waals surface area contributed by atoms with Crippen molar-refractivity contribution in [2.45, 2.75) is 25.8 Å². The molecule has 17 heavy (non-hydrogen) atoms. The molecule has 2 aliphatic carbocycles. The van der Waals surface area contributed by atoms with E-state index in [4.69, 9.17) is 11.6 Å². The van der Waals surface area contributed by atoms with Crippen molar-refractivity contribution >= 4 is 17.5 Å². The van der Waals surface area contributed by atoms with Crippen LogP contribution in [0.15, 0.2) is 24.3 Å². The van der Waals surface area contributed by atoms with Crippen molar-refractivity contribution in [2.24, 2.45) is 17.8 Å². The predicted molar refractivity (Wildman–Crippen MR) is 67.6 cm³/mol. The van der Waals surface area contributed by atoms with Crippen molar-refractivity contribution < 1.29 is 4.79 Å². The van der Waals surface area contributed by atoms with E-state index in [0.29, 0.717) is 6.54 Å². The van der Waals surface area contributed by atoms with Gasteiger partial charge in [-0.05, 0) is 48.8 Å². The first-order valence-electron chi connectivity index (χ1n) is 6.24.